The van der Waals surface area contributed by atoms with Crippen molar-refractivity contribution in [2.75, 3.05) is 0 Å². The van der Waals surface area contributed by atoms with Crippen LogP contribution in [0.5, 0.6) is 17.2 Å². The SMILES string of the molecule is CC(C)(C)c1ccc(C(=O)Oc2ccc3c(c2)O/C(=C\c2ccccc2OC(F)F)C3=O)cc1. The standard InChI is InChI=1S/C27H22F2O5/c1-27(2,3)18-10-8-16(9-11-18)25(31)32-19-12-13-20-22(15-19)33-23(24(20)30)14-17-6-4-5-7-21(17)34-26(28)29/h4-15,26H,1-3H3/b23-14-. The summed E-state index contributed by atoms with van der Waals surface area (Å²) in [6.45, 7) is 3.25. The summed E-state index contributed by atoms with van der Waals surface area (Å²) in [5.74, 6) is -0.682. The molecule has 0 atom stereocenters. The van der Waals surface area contributed by atoms with Gasteiger partial charge in [-0.05, 0) is 47.4 Å². The second-order valence-corrected chi connectivity index (χ2v) is 8.73. The van der Waals surface area contributed by atoms with Crippen molar-refractivity contribution in [3.8, 4) is 17.2 Å². The third kappa shape index (κ3) is 4.98. The van der Waals surface area contributed by atoms with Gasteiger partial charge in [0.2, 0.25) is 5.78 Å². The fourth-order valence-corrected chi connectivity index (χ4v) is 3.45. The zero-order valence-electron chi connectivity index (χ0n) is 18.8. The molecule has 0 amide bonds. The van der Waals surface area contributed by atoms with Crippen LogP contribution >= 0.6 is 0 Å². The number of carbonyl (C=O) groups excluding carboxylic acids is 2. The molecule has 0 saturated heterocycles. The molecule has 4 rings (SSSR count). The van der Waals surface area contributed by atoms with E-state index in [1.54, 1.807) is 24.3 Å². The van der Waals surface area contributed by atoms with E-state index < -0.39 is 18.4 Å². The number of allylic oxidation sites excluding steroid dienone is 1. The van der Waals surface area contributed by atoms with Gasteiger partial charge in [-0.25, -0.2) is 4.79 Å². The van der Waals surface area contributed by atoms with E-state index in [0.717, 1.165) is 5.56 Å². The first kappa shape index (κ1) is 23.2. The molecule has 0 aliphatic carbocycles. The van der Waals surface area contributed by atoms with Gasteiger partial charge in [0.15, 0.2) is 5.76 Å². The lowest BCUT2D eigenvalue weighted by atomic mass is 9.87. The van der Waals surface area contributed by atoms with Crippen molar-refractivity contribution >= 4 is 17.8 Å². The number of ketones is 1. The number of esters is 1. The highest BCUT2D eigenvalue weighted by Gasteiger charge is 2.28. The van der Waals surface area contributed by atoms with Gasteiger partial charge in [0.25, 0.3) is 0 Å². The van der Waals surface area contributed by atoms with E-state index in [1.807, 2.05) is 12.1 Å². The van der Waals surface area contributed by atoms with Crippen molar-refractivity contribution in [2.24, 2.45) is 0 Å². The van der Waals surface area contributed by atoms with Crippen LogP contribution in [0.2, 0.25) is 0 Å². The van der Waals surface area contributed by atoms with Gasteiger partial charge < -0.3 is 14.2 Å². The first-order valence-electron chi connectivity index (χ1n) is 10.6. The van der Waals surface area contributed by atoms with Crippen molar-refractivity contribution in [3.63, 3.8) is 0 Å². The lowest BCUT2D eigenvalue weighted by Crippen LogP contribution is -2.12. The molecule has 1 aliphatic rings. The summed E-state index contributed by atoms with van der Waals surface area (Å²) in [5, 5.41) is 0. The lowest BCUT2D eigenvalue weighted by molar-refractivity contribution is -0.0500. The summed E-state index contributed by atoms with van der Waals surface area (Å²) in [6.07, 6.45) is 1.34. The van der Waals surface area contributed by atoms with Crippen molar-refractivity contribution in [3.05, 3.63) is 94.7 Å². The Hall–Kier alpha value is -4.00. The maximum Gasteiger partial charge on any atom is 0.387 e. The van der Waals surface area contributed by atoms with E-state index in [9.17, 15) is 18.4 Å². The minimum Gasteiger partial charge on any atom is -0.452 e. The summed E-state index contributed by atoms with van der Waals surface area (Å²) in [7, 11) is 0. The van der Waals surface area contributed by atoms with Crippen molar-refractivity contribution in [1.82, 2.24) is 0 Å². The van der Waals surface area contributed by atoms with Crippen LogP contribution in [0.3, 0.4) is 0 Å². The Labute approximate surface area is 195 Å². The molecule has 0 fully saturated rings. The number of halogens is 2. The van der Waals surface area contributed by atoms with Crippen molar-refractivity contribution in [2.45, 2.75) is 32.8 Å². The van der Waals surface area contributed by atoms with Crippen LogP contribution in [0.15, 0.2) is 72.5 Å². The predicted octanol–water partition coefficient (Wildman–Crippen LogP) is 6.42. The molecule has 0 saturated carbocycles. The van der Waals surface area contributed by atoms with Crippen LogP contribution in [0.4, 0.5) is 8.78 Å². The Morgan fingerprint density at radius 3 is 2.38 bits per heavy atom. The van der Waals surface area contributed by atoms with Gasteiger partial charge in [-0.15, -0.1) is 0 Å². The third-order valence-electron chi connectivity index (χ3n) is 5.26. The second kappa shape index (κ2) is 9.09. The maximum absolute atomic E-state index is 12.7. The van der Waals surface area contributed by atoms with Gasteiger partial charge in [0, 0.05) is 11.6 Å². The summed E-state index contributed by atoms with van der Waals surface area (Å²) in [5.41, 5.74) is 1.98. The van der Waals surface area contributed by atoms with E-state index in [-0.39, 0.29) is 39.5 Å². The second-order valence-electron chi connectivity index (χ2n) is 8.73. The molecule has 0 N–H and O–H groups in total. The summed E-state index contributed by atoms with van der Waals surface area (Å²) in [4.78, 5) is 25.3. The average Bonchev–Trinajstić information content (AvgIpc) is 3.09. The molecule has 0 radical (unpaired) electrons. The van der Waals surface area contributed by atoms with Crippen LogP contribution in [-0.4, -0.2) is 18.4 Å². The smallest absolute Gasteiger partial charge is 0.387 e. The molecule has 0 unspecified atom stereocenters. The number of hydrogen-bond donors (Lipinski definition) is 0. The molecule has 3 aromatic carbocycles. The predicted molar refractivity (Wildman–Crippen MR) is 123 cm³/mol. The molecule has 0 bridgehead atoms. The minimum atomic E-state index is -3.00. The highest BCUT2D eigenvalue weighted by atomic mass is 19.3. The van der Waals surface area contributed by atoms with Gasteiger partial charge in [-0.2, -0.15) is 8.78 Å². The number of alkyl halides is 2. The monoisotopic (exact) mass is 464 g/mol. The molecule has 3 aromatic rings. The number of para-hydroxylation sites is 1. The fraction of sp³-hybridized carbons (Fsp3) is 0.185. The molecule has 174 valence electrons. The molecular formula is C27H22F2O5. The quantitative estimate of drug-likeness (QED) is 0.248. The van der Waals surface area contributed by atoms with E-state index in [4.69, 9.17) is 9.47 Å². The number of carbonyl (C=O) groups is 2. The number of fused-ring (bicyclic) bond motifs is 1. The third-order valence-corrected chi connectivity index (χ3v) is 5.26. The average molecular weight is 464 g/mol. The molecule has 5 nitrogen and oxygen atoms in total. The van der Waals surface area contributed by atoms with Crippen LogP contribution in [0, 0.1) is 0 Å². The largest absolute Gasteiger partial charge is 0.452 e. The summed E-state index contributed by atoms with van der Waals surface area (Å²) in [6, 6.07) is 17.7. The van der Waals surface area contributed by atoms with Gasteiger partial charge >= 0.3 is 12.6 Å². The maximum atomic E-state index is 12.7. The molecule has 1 aliphatic heterocycles. The number of Topliss-reactive ketones (excluding diaryl/α,β-unsaturated/α-hetero) is 1. The normalized spacial score (nSPS) is 14.2. The van der Waals surface area contributed by atoms with Crippen LogP contribution < -0.4 is 14.2 Å². The highest BCUT2D eigenvalue weighted by Crippen LogP contribution is 2.36. The van der Waals surface area contributed by atoms with Crippen LogP contribution in [-0.2, 0) is 5.41 Å². The Balaban J connectivity index is 1.52. The summed E-state index contributed by atoms with van der Waals surface area (Å²) >= 11 is 0. The molecular weight excluding hydrogens is 442 g/mol. The molecule has 34 heavy (non-hydrogen) atoms. The van der Waals surface area contributed by atoms with Crippen LogP contribution in [0.25, 0.3) is 6.08 Å². The molecule has 7 heteroatoms. The number of hydrogen-bond acceptors (Lipinski definition) is 5. The lowest BCUT2D eigenvalue weighted by Gasteiger charge is -2.18. The van der Waals surface area contributed by atoms with Gasteiger partial charge in [0.1, 0.15) is 17.2 Å². The number of ether oxygens (including phenoxy) is 3. The zero-order chi connectivity index (χ0) is 24.5. The van der Waals surface area contributed by atoms with Crippen molar-refractivity contribution < 1.29 is 32.6 Å². The van der Waals surface area contributed by atoms with Gasteiger partial charge in [0.05, 0.1) is 11.1 Å². The zero-order valence-corrected chi connectivity index (χ0v) is 18.8. The van der Waals surface area contributed by atoms with Gasteiger partial charge in [-0.1, -0.05) is 51.1 Å². The van der Waals surface area contributed by atoms with E-state index in [0.29, 0.717) is 5.56 Å². The highest BCUT2D eigenvalue weighted by molar-refractivity contribution is 6.14. The van der Waals surface area contributed by atoms with E-state index in [2.05, 4.69) is 25.5 Å². The Bertz CT molecular complexity index is 1270. The van der Waals surface area contributed by atoms with Gasteiger partial charge in [-0.3, -0.25) is 4.79 Å². The Kier molecular flexibility index (Phi) is 6.20. The summed E-state index contributed by atoms with van der Waals surface area (Å²) < 4.78 is 40.9. The van der Waals surface area contributed by atoms with E-state index >= 15 is 0 Å². The number of rotatable bonds is 5. The molecule has 0 aromatic heterocycles. The first-order chi connectivity index (χ1) is 16.1. The van der Waals surface area contributed by atoms with Crippen LogP contribution in [0.1, 0.15) is 52.6 Å². The molecule has 0 spiro atoms. The van der Waals surface area contributed by atoms with Crippen molar-refractivity contribution in [1.29, 1.82) is 0 Å². The fourth-order valence-electron chi connectivity index (χ4n) is 3.45. The number of benzene rings is 3. The first-order valence-corrected chi connectivity index (χ1v) is 10.6. The Morgan fingerprint density at radius 1 is 1.00 bits per heavy atom. The Morgan fingerprint density at radius 2 is 1.71 bits per heavy atom. The van der Waals surface area contributed by atoms with E-state index in [1.165, 1.54) is 36.4 Å². The minimum absolute atomic E-state index is 0.0381. The molecule has 1 heterocycles. The topological polar surface area (TPSA) is 61.8 Å².